The average Bonchev–Trinajstić information content (AvgIpc) is 2.79. The molecule has 0 bridgehead atoms. The lowest BCUT2D eigenvalue weighted by molar-refractivity contribution is 0.287. The lowest BCUT2D eigenvalue weighted by Gasteiger charge is -2.34. The summed E-state index contributed by atoms with van der Waals surface area (Å²) in [6.07, 6.45) is 4.58. The van der Waals surface area contributed by atoms with Gasteiger partial charge in [-0.3, -0.25) is 4.98 Å². The zero-order chi connectivity index (χ0) is 22.2. The van der Waals surface area contributed by atoms with Gasteiger partial charge in [0.2, 0.25) is 5.95 Å². The standard InChI is InChI=1S/C24H21F2N5O/c1-14(2)31-7-8-32-23-19(25)10-17(11-21(23)31)22-20(26)13-28-24(30-22)29-18-4-3-16-12-27-6-5-15(16)9-18/h3-6,9-14H,7-8H2,1-2H3,(H,28,29,30). The Morgan fingerprint density at radius 2 is 1.91 bits per heavy atom. The second-order valence-corrected chi connectivity index (χ2v) is 7.89. The first kappa shape index (κ1) is 20.1. The molecule has 0 unspecified atom stereocenters. The van der Waals surface area contributed by atoms with Crippen LogP contribution in [0.5, 0.6) is 5.75 Å². The van der Waals surface area contributed by atoms with Gasteiger partial charge in [0, 0.05) is 35.1 Å². The Morgan fingerprint density at radius 1 is 1.03 bits per heavy atom. The summed E-state index contributed by atoms with van der Waals surface area (Å²) >= 11 is 0. The molecule has 0 spiro atoms. The number of aromatic nitrogens is 3. The zero-order valence-electron chi connectivity index (χ0n) is 17.6. The first-order chi connectivity index (χ1) is 15.5. The molecule has 5 rings (SSSR count). The third kappa shape index (κ3) is 3.68. The molecule has 3 heterocycles. The normalized spacial score (nSPS) is 13.2. The van der Waals surface area contributed by atoms with Gasteiger partial charge in [-0.2, -0.15) is 0 Å². The predicted octanol–water partition coefficient (Wildman–Crippen LogP) is 5.32. The van der Waals surface area contributed by atoms with Crippen molar-refractivity contribution in [2.75, 3.05) is 23.4 Å². The van der Waals surface area contributed by atoms with E-state index >= 15 is 0 Å². The highest BCUT2D eigenvalue weighted by molar-refractivity contribution is 5.85. The molecule has 0 radical (unpaired) electrons. The molecule has 0 amide bonds. The van der Waals surface area contributed by atoms with Crippen molar-refractivity contribution in [3.8, 4) is 17.0 Å². The minimum Gasteiger partial charge on any atom is -0.486 e. The number of nitrogens with zero attached hydrogens (tertiary/aromatic N) is 4. The van der Waals surface area contributed by atoms with E-state index in [-0.39, 0.29) is 23.4 Å². The number of halogens is 2. The molecular weight excluding hydrogens is 412 g/mol. The monoisotopic (exact) mass is 433 g/mol. The predicted molar refractivity (Wildman–Crippen MR) is 120 cm³/mol. The van der Waals surface area contributed by atoms with Gasteiger partial charge < -0.3 is 15.0 Å². The lowest BCUT2D eigenvalue weighted by atomic mass is 10.1. The summed E-state index contributed by atoms with van der Waals surface area (Å²) in [5.41, 5.74) is 1.68. The topological polar surface area (TPSA) is 63.2 Å². The van der Waals surface area contributed by atoms with Crippen LogP contribution in [0.3, 0.4) is 0 Å². The van der Waals surface area contributed by atoms with E-state index in [1.807, 2.05) is 43.0 Å². The fourth-order valence-electron chi connectivity index (χ4n) is 3.89. The Labute approximate surface area is 183 Å². The fourth-order valence-corrected chi connectivity index (χ4v) is 3.89. The Hall–Kier alpha value is -3.81. The van der Waals surface area contributed by atoms with Gasteiger partial charge in [0.05, 0.1) is 18.4 Å². The minimum atomic E-state index is -0.632. The van der Waals surface area contributed by atoms with Gasteiger partial charge in [0.25, 0.3) is 0 Å². The molecule has 0 aliphatic carbocycles. The van der Waals surface area contributed by atoms with E-state index in [0.29, 0.717) is 24.4 Å². The van der Waals surface area contributed by atoms with Crippen LogP contribution in [0.1, 0.15) is 13.8 Å². The first-order valence-electron chi connectivity index (χ1n) is 10.4. The molecule has 0 atom stereocenters. The van der Waals surface area contributed by atoms with Crippen LogP contribution in [0.4, 0.5) is 26.1 Å². The van der Waals surface area contributed by atoms with Crippen LogP contribution in [0.2, 0.25) is 0 Å². The SMILES string of the molecule is CC(C)N1CCOc2c(F)cc(-c3nc(Nc4ccc5cnccc5c4)ncc3F)cc21. The Kier molecular flexibility index (Phi) is 5.05. The summed E-state index contributed by atoms with van der Waals surface area (Å²) in [7, 11) is 0. The molecular formula is C24H21F2N5O. The summed E-state index contributed by atoms with van der Waals surface area (Å²) < 4.78 is 35.1. The van der Waals surface area contributed by atoms with Crippen molar-refractivity contribution in [2.45, 2.75) is 19.9 Å². The van der Waals surface area contributed by atoms with Crippen molar-refractivity contribution in [1.29, 1.82) is 0 Å². The first-order valence-corrected chi connectivity index (χ1v) is 10.4. The summed E-state index contributed by atoms with van der Waals surface area (Å²) in [5.74, 6) is -0.775. The quantitative estimate of drug-likeness (QED) is 0.470. The van der Waals surface area contributed by atoms with E-state index in [1.165, 1.54) is 6.07 Å². The molecule has 0 saturated heterocycles. The summed E-state index contributed by atoms with van der Waals surface area (Å²) in [6.45, 7) is 5.07. The van der Waals surface area contributed by atoms with Gasteiger partial charge in [0.1, 0.15) is 12.3 Å². The molecule has 162 valence electrons. The van der Waals surface area contributed by atoms with Crippen molar-refractivity contribution in [3.63, 3.8) is 0 Å². The molecule has 2 aromatic carbocycles. The molecule has 4 aromatic rings. The van der Waals surface area contributed by atoms with Gasteiger partial charge in [-0.05, 0) is 49.6 Å². The number of anilines is 3. The van der Waals surface area contributed by atoms with E-state index in [4.69, 9.17) is 4.74 Å². The maximum absolute atomic E-state index is 14.8. The highest BCUT2D eigenvalue weighted by Crippen LogP contribution is 2.39. The summed E-state index contributed by atoms with van der Waals surface area (Å²) in [4.78, 5) is 14.5. The number of fused-ring (bicyclic) bond motifs is 2. The number of rotatable bonds is 4. The third-order valence-electron chi connectivity index (χ3n) is 5.45. The third-order valence-corrected chi connectivity index (χ3v) is 5.45. The van der Waals surface area contributed by atoms with Crippen molar-refractivity contribution in [2.24, 2.45) is 0 Å². The fraction of sp³-hybridized carbons (Fsp3) is 0.208. The van der Waals surface area contributed by atoms with Gasteiger partial charge >= 0.3 is 0 Å². The van der Waals surface area contributed by atoms with E-state index in [9.17, 15) is 8.78 Å². The van der Waals surface area contributed by atoms with Crippen LogP contribution >= 0.6 is 0 Å². The molecule has 8 heteroatoms. The number of hydrogen-bond donors (Lipinski definition) is 1. The number of pyridine rings is 1. The Bertz CT molecular complexity index is 1310. The van der Waals surface area contributed by atoms with Crippen molar-refractivity contribution >= 4 is 28.1 Å². The van der Waals surface area contributed by atoms with Crippen LogP contribution in [0.25, 0.3) is 22.0 Å². The molecule has 1 N–H and O–H groups in total. The van der Waals surface area contributed by atoms with E-state index in [0.717, 1.165) is 22.7 Å². The summed E-state index contributed by atoms with van der Waals surface area (Å²) in [6, 6.07) is 10.7. The van der Waals surface area contributed by atoms with Gasteiger partial charge in [-0.15, -0.1) is 0 Å². The van der Waals surface area contributed by atoms with Crippen molar-refractivity contribution < 1.29 is 13.5 Å². The smallest absolute Gasteiger partial charge is 0.227 e. The van der Waals surface area contributed by atoms with E-state index in [1.54, 1.807) is 18.5 Å². The number of nitrogens with one attached hydrogen (secondary N) is 1. The van der Waals surface area contributed by atoms with E-state index < -0.39 is 11.6 Å². The lowest BCUT2D eigenvalue weighted by Crippen LogP contribution is -2.38. The maximum atomic E-state index is 14.8. The molecule has 0 fully saturated rings. The second-order valence-electron chi connectivity index (χ2n) is 7.89. The largest absolute Gasteiger partial charge is 0.486 e. The number of hydrogen-bond acceptors (Lipinski definition) is 6. The second kappa shape index (κ2) is 8.03. The molecule has 1 aliphatic heterocycles. The Morgan fingerprint density at radius 3 is 2.75 bits per heavy atom. The van der Waals surface area contributed by atoms with Gasteiger partial charge in [0.15, 0.2) is 17.4 Å². The Balaban J connectivity index is 1.52. The van der Waals surface area contributed by atoms with Crippen LogP contribution < -0.4 is 15.0 Å². The molecule has 32 heavy (non-hydrogen) atoms. The average molecular weight is 433 g/mol. The molecule has 2 aromatic heterocycles. The van der Waals surface area contributed by atoms with Gasteiger partial charge in [-0.25, -0.2) is 18.7 Å². The van der Waals surface area contributed by atoms with Crippen LogP contribution in [-0.2, 0) is 0 Å². The van der Waals surface area contributed by atoms with Crippen LogP contribution in [0, 0.1) is 11.6 Å². The molecule has 0 saturated carbocycles. The van der Waals surface area contributed by atoms with Crippen molar-refractivity contribution in [3.05, 3.63) is 66.6 Å². The van der Waals surface area contributed by atoms with Crippen LogP contribution in [0.15, 0.2) is 55.0 Å². The highest BCUT2D eigenvalue weighted by Gasteiger charge is 2.25. The number of benzene rings is 2. The van der Waals surface area contributed by atoms with Crippen LogP contribution in [-0.4, -0.2) is 34.1 Å². The molecule has 1 aliphatic rings. The zero-order valence-corrected chi connectivity index (χ0v) is 17.6. The minimum absolute atomic E-state index is 0.0171. The number of ether oxygens (including phenoxy) is 1. The maximum Gasteiger partial charge on any atom is 0.227 e. The van der Waals surface area contributed by atoms with Crippen molar-refractivity contribution in [1.82, 2.24) is 15.0 Å². The highest BCUT2D eigenvalue weighted by atomic mass is 19.1. The summed E-state index contributed by atoms with van der Waals surface area (Å²) in [5, 5.41) is 5.10. The van der Waals surface area contributed by atoms with Gasteiger partial charge in [-0.1, -0.05) is 6.07 Å². The molecule has 6 nitrogen and oxygen atoms in total. The van der Waals surface area contributed by atoms with E-state index in [2.05, 4.69) is 20.3 Å².